The Morgan fingerprint density at radius 2 is 2.19 bits per heavy atom. The summed E-state index contributed by atoms with van der Waals surface area (Å²) >= 11 is 0. The van der Waals surface area contributed by atoms with Gasteiger partial charge in [-0.1, -0.05) is 12.1 Å². The first kappa shape index (κ1) is 17.9. The van der Waals surface area contributed by atoms with Crippen LogP contribution in [0.1, 0.15) is 28.9 Å². The number of sulfonamides is 1. The minimum atomic E-state index is -3.61. The number of aryl methyl sites for hydroxylation is 1. The van der Waals surface area contributed by atoms with Gasteiger partial charge in [-0.15, -0.1) is 0 Å². The third-order valence-corrected chi connectivity index (χ3v) is 6.17. The number of carbonyl (C=O) groups excluding carboxylic acids is 1. The summed E-state index contributed by atoms with van der Waals surface area (Å²) in [6, 6.07) is 6.82. The van der Waals surface area contributed by atoms with Crippen molar-refractivity contribution in [3.05, 3.63) is 47.7 Å². The molecule has 3 rings (SSSR count). The van der Waals surface area contributed by atoms with Gasteiger partial charge >= 0.3 is 0 Å². The highest BCUT2D eigenvalue weighted by Gasteiger charge is 2.41. The average Bonchev–Trinajstić information content (AvgIpc) is 2.99. The van der Waals surface area contributed by atoms with Crippen molar-refractivity contribution < 1.29 is 17.6 Å². The fourth-order valence-corrected chi connectivity index (χ4v) is 4.22. The van der Waals surface area contributed by atoms with E-state index in [9.17, 15) is 13.2 Å². The molecular formula is C16H19N5O4S. The topological polar surface area (TPSA) is 128 Å². The van der Waals surface area contributed by atoms with Gasteiger partial charge in [0.1, 0.15) is 6.26 Å². The molecular weight excluding hydrogens is 358 g/mol. The Balaban J connectivity index is 1.87. The molecule has 1 aromatic heterocycles. The first-order valence-corrected chi connectivity index (χ1v) is 9.39. The molecule has 0 spiro atoms. The number of anilines is 1. The second kappa shape index (κ2) is 6.13. The predicted molar refractivity (Wildman–Crippen MR) is 95.4 cm³/mol. The van der Waals surface area contributed by atoms with Crippen LogP contribution in [0.3, 0.4) is 0 Å². The normalized spacial score (nSPS) is 22.0. The van der Waals surface area contributed by atoms with Crippen LogP contribution in [0.25, 0.3) is 0 Å². The lowest BCUT2D eigenvalue weighted by Gasteiger charge is -2.40. The number of oxazole rings is 1. The molecule has 1 amide bonds. The van der Waals surface area contributed by atoms with Crippen molar-refractivity contribution >= 4 is 27.6 Å². The van der Waals surface area contributed by atoms with Gasteiger partial charge in [-0.25, -0.2) is 17.7 Å². The largest absolute Gasteiger partial charge is 0.448 e. The molecule has 3 N–H and O–H groups in total. The number of rotatable bonds is 3. The minimum absolute atomic E-state index is 0.154. The molecule has 1 aliphatic heterocycles. The maximum Gasteiger partial charge on any atom is 0.277 e. The molecule has 1 aromatic carbocycles. The van der Waals surface area contributed by atoms with Crippen LogP contribution in [0.5, 0.6) is 0 Å². The fraction of sp³-hybridized carbons (Fsp3) is 0.312. The van der Waals surface area contributed by atoms with Crippen molar-refractivity contribution in [2.24, 2.45) is 0 Å². The molecule has 9 nitrogen and oxygen atoms in total. The van der Waals surface area contributed by atoms with E-state index in [1.54, 1.807) is 38.1 Å². The lowest BCUT2D eigenvalue weighted by atomic mass is 9.93. The van der Waals surface area contributed by atoms with Gasteiger partial charge < -0.3 is 15.1 Å². The van der Waals surface area contributed by atoms with Crippen LogP contribution in [-0.2, 0) is 15.6 Å². The number of benzene rings is 1. The number of hydrogen-bond acceptors (Lipinski definition) is 6. The van der Waals surface area contributed by atoms with E-state index in [-0.39, 0.29) is 17.4 Å². The first-order chi connectivity index (χ1) is 12.1. The Bertz CT molecular complexity index is 984. The Morgan fingerprint density at radius 1 is 1.46 bits per heavy atom. The third kappa shape index (κ3) is 3.27. The second-order valence-corrected chi connectivity index (χ2v) is 8.32. The molecule has 0 saturated carbocycles. The number of nitrogens with zero attached hydrogens (tertiary/aromatic N) is 2. The van der Waals surface area contributed by atoms with Gasteiger partial charge in [0, 0.05) is 19.7 Å². The summed E-state index contributed by atoms with van der Waals surface area (Å²) in [5, 5.41) is 13.5. The molecule has 1 atom stereocenters. The molecule has 0 radical (unpaired) electrons. The van der Waals surface area contributed by atoms with Gasteiger partial charge in [0.25, 0.3) is 5.91 Å². The van der Waals surface area contributed by atoms with Gasteiger partial charge in [-0.05, 0) is 24.6 Å². The van der Waals surface area contributed by atoms with Gasteiger partial charge in [0.2, 0.25) is 16.0 Å². The van der Waals surface area contributed by atoms with E-state index < -0.39 is 21.5 Å². The van der Waals surface area contributed by atoms with Crippen LogP contribution >= 0.6 is 0 Å². The van der Waals surface area contributed by atoms with Gasteiger partial charge in [-0.3, -0.25) is 10.2 Å². The SMILES string of the molecule is Cc1nc(C(=O)Nc2cccc([C@]3(C)CS(=O)(=O)N(C)C(=N)N3)c2)co1. The van der Waals surface area contributed by atoms with Gasteiger partial charge in [-0.2, -0.15) is 0 Å². The van der Waals surface area contributed by atoms with Crippen LogP contribution in [0, 0.1) is 12.3 Å². The lowest BCUT2D eigenvalue weighted by molar-refractivity contribution is 0.102. The van der Waals surface area contributed by atoms with E-state index in [0.29, 0.717) is 17.1 Å². The van der Waals surface area contributed by atoms with Crippen LogP contribution < -0.4 is 10.6 Å². The molecule has 2 aromatic rings. The van der Waals surface area contributed by atoms with E-state index in [1.807, 2.05) is 0 Å². The number of carbonyl (C=O) groups is 1. The van der Waals surface area contributed by atoms with Crippen molar-refractivity contribution in [1.82, 2.24) is 14.6 Å². The number of hydrogen-bond donors (Lipinski definition) is 3. The number of guanidine groups is 1. The zero-order valence-corrected chi connectivity index (χ0v) is 15.3. The summed E-state index contributed by atoms with van der Waals surface area (Å²) in [6.07, 6.45) is 1.27. The molecule has 0 aliphatic carbocycles. The smallest absolute Gasteiger partial charge is 0.277 e. The predicted octanol–water partition coefficient (Wildman–Crippen LogP) is 1.25. The lowest BCUT2D eigenvalue weighted by Crippen LogP contribution is -2.60. The van der Waals surface area contributed by atoms with Crippen LogP contribution in [0.15, 0.2) is 34.9 Å². The van der Waals surface area contributed by atoms with E-state index in [0.717, 1.165) is 4.31 Å². The Labute approximate surface area is 151 Å². The van der Waals surface area contributed by atoms with Crippen LogP contribution in [0.4, 0.5) is 5.69 Å². The highest BCUT2D eigenvalue weighted by Crippen LogP contribution is 2.29. The maximum absolute atomic E-state index is 12.3. The molecule has 1 fully saturated rings. The van der Waals surface area contributed by atoms with Crippen molar-refractivity contribution in [1.29, 1.82) is 5.41 Å². The van der Waals surface area contributed by atoms with E-state index in [1.165, 1.54) is 13.3 Å². The van der Waals surface area contributed by atoms with Crippen LogP contribution in [-0.4, -0.2) is 42.4 Å². The molecule has 0 bridgehead atoms. The summed E-state index contributed by atoms with van der Waals surface area (Å²) in [6.45, 7) is 3.34. The van der Waals surface area contributed by atoms with E-state index >= 15 is 0 Å². The highest BCUT2D eigenvalue weighted by atomic mass is 32.2. The number of amides is 1. The van der Waals surface area contributed by atoms with Crippen molar-refractivity contribution in [2.75, 3.05) is 18.1 Å². The molecule has 1 aliphatic rings. The summed E-state index contributed by atoms with van der Waals surface area (Å²) < 4.78 is 30.5. The van der Waals surface area contributed by atoms with Crippen molar-refractivity contribution in [2.45, 2.75) is 19.4 Å². The quantitative estimate of drug-likeness (QED) is 0.738. The van der Waals surface area contributed by atoms with Gasteiger partial charge in [0.05, 0.1) is 11.3 Å². The van der Waals surface area contributed by atoms with E-state index in [4.69, 9.17) is 9.83 Å². The number of aromatic nitrogens is 1. The molecule has 2 heterocycles. The molecule has 0 unspecified atom stereocenters. The summed E-state index contributed by atoms with van der Waals surface area (Å²) in [7, 11) is -2.27. The van der Waals surface area contributed by atoms with Crippen molar-refractivity contribution in [3.63, 3.8) is 0 Å². The standard InChI is InChI=1S/C16H19N5O4S/c1-10-18-13(8-25-10)14(22)19-12-6-4-5-11(7-12)16(2)9-26(23,24)21(3)15(17)20-16/h4-8H,9H2,1-3H3,(H2,17,20)(H,19,22)/t16-/m0/s1. The molecule has 26 heavy (non-hydrogen) atoms. The fourth-order valence-electron chi connectivity index (χ4n) is 2.74. The molecule has 1 saturated heterocycles. The molecule has 10 heteroatoms. The highest BCUT2D eigenvalue weighted by molar-refractivity contribution is 7.89. The zero-order chi connectivity index (χ0) is 19.1. The maximum atomic E-state index is 12.3. The Kier molecular flexibility index (Phi) is 4.23. The molecule has 138 valence electrons. The number of nitrogens with one attached hydrogen (secondary N) is 3. The van der Waals surface area contributed by atoms with Crippen LogP contribution in [0.2, 0.25) is 0 Å². The minimum Gasteiger partial charge on any atom is -0.448 e. The van der Waals surface area contributed by atoms with E-state index in [2.05, 4.69) is 15.6 Å². The average molecular weight is 377 g/mol. The second-order valence-electron chi connectivity index (χ2n) is 6.32. The van der Waals surface area contributed by atoms with Crippen molar-refractivity contribution in [3.8, 4) is 0 Å². The zero-order valence-electron chi connectivity index (χ0n) is 14.5. The summed E-state index contributed by atoms with van der Waals surface area (Å²) in [5.41, 5.74) is 0.279. The third-order valence-electron chi connectivity index (χ3n) is 4.21. The Morgan fingerprint density at radius 3 is 2.81 bits per heavy atom. The van der Waals surface area contributed by atoms with Gasteiger partial charge in [0.15, 0.2) is 11.6 Å². The monoisotopic (exact) mass is 377 g/mol. The summed E-state index contributed by atoms with van der Waals surface area (Å²) in [4.78, 5) is 16.2. The summed E-state index contributed by atoms with van der Waals surface area (Å²) in [5.74, 6) is -0.457. The Hall–Kier alpha value is -2.88. The first-order valence-electron chi connectivity index (χ1n) is 7.78.